The first kappa shape index (κ1) is 13.5. The molecule has 0 bridgehead atoms. The van der Waals surface area contributed by atoms with Crippen molar-refractivity contribution in [2.24, 2.45) is 0 Å². The van der Waals surface area contributed by atoms with E-state index in [2.05, 4.69) is 10.6 Å². The molecular weight excluding hydrogens is 244 g/mol. The van der Waals surface area contributed by atoms with Crippen molar-refractivity contribution in [2.45, 2.75) is 25.4 Å². The van der Waals surface area contributed by atoms with Crippen LogP contribution < -0.4 is 10.6 Å². The zero-order valence-electron chi connectivity index (χ0n) is 11.2. The van der Waals surface area contributed by atoms with E-state index in [9.17, 15) is 9.59 Å². The summed E-state index contributed by atoms with van der Waals surface area (Å²) in [5.41, 5.74) is 0.943. The molecule has 1 aliphatic heterocycles. The van der Waals surface area contributed by atoms with Crippen molar-refractivity contribution in [3.8, 4) is 0 Å². The minimum Gasteiger partial charge on any atom is -0.467 e. The van der Waals surface area contributed by atoms with Gasteiger partial charge in [-0.15, -0.1) is 0 Å². The minimum atomic E-state index is -1.25. The minimum absolute atomic E-state index is 0.313. The highest BCUT2D eigenvalue weighted by molar-refractivity contribution is 6.08. The summed E-state index contributed by atoms with van der Waals surface area (Å²) in [6, 6.07) is 7.94. The molecule has 2 N–H and O–H groups in total. The third-order valence-electron chi connectivity index (χ3n) is 3.42. The van der Waals surface area contributed by atoms with Crippen molar-refractivity contribution < 1.29 is 14.3 Å². The van der Waals surface area contributed by atoms with Crippen LogP contribution in [0.5, 0.6) is 0 Å². The van der Waals surface area contributed by atoms with Crippen LogP contribution in [0.4, 0.5) is 0 Å². The monoisotopic (exact) mass is 262 g/mol. The summed E-state index contributed by atoms with van der Waals surface area (Å²) in [4.78, 5) is 23.8. The van der Waals surface area contributed by atoms with Crippen LogP contribution >= 0.6 is 0 Å². The molecule has 1 aliphatic rings. The second-order valence-electron chi connectivity index (χ2n) is 4.74. The van der Waals surface area contributed by atoms with E-state index in [0.717, 1.165) is 5.56 Å². The van der Waals surface area contributed by atoms with Gasteiger partial charge in [0.25, 0.3) is 5.91 Å². The summed E-state index contributed by atoms with van der Waals surface area (Å²) in [5.74, 6) is -0.846. The van der Waals surface area contributed by atoms with Gasteiger partial charge in [-0.3, -0.25) is 10.1 Å². The maximum atomic E-state index is 11.9. The fraction of sp³-hybridized carbons (Fsp3) is 0.429. The predicted octanol–water partition coefficient (Wildman–Crippen LogP) is 0.516. The van der Waals surface area contributed by atoms with Gasteiger partial charge in [0.2, 0.25) is 0 Å². The lowest BCUT2D eigenvalue weighted by atomic mass is 9.97. The Morgan fingerprint density at radius 2 is 2.11 bits per heavy atom. The van der Waals surface area contributed by atoms with E-state index in [0.29, 0.717) is 19.5 Å². The Balaban J connectivity index is 2.11. The van der Waals surface area contributed by atoms with E-state index < -0.39 is 11.5 Å². The van der Waals surface area contributed by atoms with Gasteiger partial charge in [-0.2, -0.15) is 0 Å². The largest absolute Gasteiger partial charge is 0.467 e. The summed E-state index contributed by atoms with van der Waals surface area (Å²) in [5, 5.41) is 5.71. The Morgan fingerprint density at radius 3 is 2.63 bits per heavy atom. The highest BCUT2D eigenvalue weighted by atomic mass is 16.5. The van der Waals surface area contributed by atoms with Crippen molar-refractivity contribution >= 4 is 11.9 Å². The molecule has 5 heteroatoms. The van der Waals surface area contributed by atoms with Gasteiger partial charge >= 0.3 is 5.97 Å². The van der Waals surface area contributed by atoms with Crippen LogP contribution in [0.1, 0.15) is 17.5 Å². The number of ether oxygens (including phenoxy) is 1. The summed E-state index contributed by atoms with van der Waals surface area (Å²) in [7, 11) is 1.29. The van der Waals surface area contributed by atoms with Crippen molar-refractivity contribution in [2.75, 3.05) is 13.7 Å². The fourth-order valence-corrected chi connectivity index (χ4v) is 2.20. The lowest BCUT2D eigenvalue weighted by Gasteiger charge is -2.24. The normalized spacial score (nSPS) is 22.1. The number of hydrogen-bond donors (Lipinski definition) is 2. The molecule has 1 aromatic carbocycles. The van der Waals surface area contributed by atoms with Gasteiger partial charge in [-0.1, -0.05) is 29.8 Å². The molecule has 0 saturated carbocycles. The number of aryl methyl sites for hydroxylation is 1. The van der Waals surface area contributed by atoms with Crippen molar-refractivity contribution in [1.29, 1.82) is 0 Å². The van der Waals surface area contributed by atoms with Crippen LogP contribution in [0.25, 0.3) is 0 Å². The Labute approximate surface area is 112 Å². The van der Waals surface area contributed by atoms with Gasteiger partial charge in [0.15, 0.2) is 5.54 Å². The van der Waals surface area contributed by atoms with E-state index >= 15 is 0 Å². The first-order valence-corrected chi connectivity index (χ1v) is 6.26. The predicted molar refractivity (Wildman–Crippen MR) is 70.4 cm³/mol. The zero-order chi connectivity index (χ0) is 13.9. The average molecular weight is 262 g/mol. The molecule has 0 spiro atoms. The molecule has 1 atom stereocenters. The second-order valence-corrected chi connectivity index (χ2v) is 4.74. The topological polar surface area (TPSA) is 67.4 Å². The molecule has 1 aromatic rings. The van der Waals surface area contributed by atoms with Gasteiger partial charge in [0.05, 0.1) is 7.11 Å². The Hall–Kier alpha value is -1.88. The summed E-state index contributed by atoms with van der Waals surface area (Å²) in [6.45, 7) is 2.94. The Morgan fingerprint density at radius 1 is 1.42 bits per heavy atom. The van der Waals surface area contributed by atoms with Crippen LogP contribution in [0.2, 0.25) is 0 Å². The standard InChI is InChI=1S/C14H18N2O3/c1-10-3-5-11(6-4-10)9-16-14(13(18)19-2)7-8-15-12(14)17/h3-6,16H,7-9H2,1-2H3,(H,15,17). The van der Waals surface area contributed by atoms with Crippen LogP contribution in [-0.2, 0) is 20.9 Å². The Kier molecular flexibility index (Phi) is 3.85. The average Bonchev–Trinajstić information content (AvgIpc) is 2.79. The maximum Gasteiger partial charge on any atom is 0.335 e. The van der Waals surface area contributed by atoms with E-state index in [-0.39, 0.29) is 5.91 Å². The highest BCUT2D eigenvalue weighted by Gasteiger charge is 2.49. The number of hydrogen-bond acceptors (Lipinski definition) is 4. The molecule has 0 aromatic heterocycles. The third-order valence-corrected chi connectivity index (χ3v) is 3.42. The quantitative estimate of drug-likeness (QED) is 0.613. The van der Waals surface area contributed by atoms with Gasteiger partial charge in [0.1, 0.15) is 0 Å². The third kappa shape index (κ3) is 2.61. The maximum absolute atomic E-state index is 11.9. The first-order valence-electron chi connectivity index (χ1n) is 6.26. The number of amides is 1. The van der Waals surface area contributed by atoms with Crippen molar-refractivity contribution in [3.63, 3.8) is 0 Å². The molecule has 1 fully saturated rings. The number of methoxy groups -OCH3 is 1. The molecule has 1 heterocycles. The molecule has 1 unspecified atom stereocenters. The molecule has 0 aliphatic carbocycles. The highest BCUT2D eigenvalue weighted by Crippen LogP contribution is 2.19. The van der Waals surface area contributed by atoms with Crippen LogP contribution in [-0.4, -0.2) is 31.1 Å². The molecule has 5 nitrogen and oxygen atoms in total. The molecule has 2 rings (SSSR count). The SMILES string of the molecule is COC(=O)C1(NCc2ccc(C)cc2)CCNC1=O. The number of rotatable bonds is 4. The summed E-state index contributed by atoms with van der Waals surface area (Å²) in [6.07, 6.45) is 0.407. The lowest BCUT2D eigenvalue weighted by Crippen LogP contribution is -2.57. The number of carbonyl (C=O) groups is 2. The first-order chi connectivity index (χ1) is 9.08. The van der Waals surface area contributed by atoms with Gasteiger partial charge in [-0.05, 0) is 12.5 Å². The van der Waals surface area contributed by atoms with Gasteiger partial charge < -0.3 is 10.1 Å². The molecular formula is C14H18N2O3. The number of esters is 1. The fourth-order valence-electron chi connectivity index (χ4n) is 2.20. The Bertz CT molecular complexity index is 484. The van der Waals surface area contributed by atoms with E-state index in [1.165, 1.54) is 12.7 Å². The van der Waals surface area contributed by atoms with E-state index in [4.69, 9.17) is 4.74 Å². The van der Waals surface area contributed by atoms with E-state index in [1.807, 2.05) is 31.2 Å². The molecule has 1 saturated heterocycles. The van der Waals surface area contributed by atoms with Gasteiger partial charge in [-0.25, -0.2) is 4.79 Å². The molecule has 1 amide bonds. The van der Waals surface area contributed by atoms with Crippen LogP contribution in [0, 0.1) is 6.92 Å². The second kappa shape index (κ2) is 5.40. The van der Waals surface area contributed by atoms with Crippen molar-refractivity contribution in [3.05, 3.63) is 35.4 Å². The summed E-state index contributed by atoms with van der Waals surface area (Å²) < 4.78 is 4.75. The number of carbonyl (C=O) groups excluding carboxylic acids is 2. The molecule has 19 heavy (non-hydrogen) atoms. The van der Waals surface area contributed by atoms with Crippen molar-refractivity contribution in [1.82, 2.24) is 10.6 Å². The smallest absolute Gasteiger partial charge is 0.335 e. The number of benzene rings is 1. The van der Waals surface area contributed by atoms with Crippen LogP contribution in [0.3, 0.4) is 0 Å². The van der Waals surface area contributed by atoms with E-state index in [1.54, 1.807) is 0 Å². The van der Waals surface area contributed by atoms with Crippen LogP contribution in [0.15, 0.2) is 24.3 Å². The molecule has 0 radical (unpaired) electrons. The number of nitrogens with one attached hydrogen (secondary N) is 2. The van der Waals surface area contributed by atoms with Gasteiger partial charge in [0, 0.05) is 19.5 Å². The zero-order valence-corrected chi connectivity index (χ0v) is 11.2. The lowest BCUT2D eigenvalue weighted by molar-refractivity contribution is -0.152. The molecule has 102 valence electrons. The summed E-state index contributed by atoms with van der Waals surface area (Å²) >= 11 is 0.